The van der Waals surface area contributed by atoms with Crippen LogP contribution in [0.15, 0.2) is 0 Å². The second-order valence-electron chi connectivity index (χ2n) is 7.51. The molecule has 3 aliphatic heterocycles. The Morgan fingerprint density at radius 3 is 2.64 bits per heavy atom. The predicted molar refractivity (Wildman–Crippen MR) is 86.7 cm³/mol. The molecular formula is C17H31N3O2. The maximum absolute atomic E-state index is 12.2. The highest BCUT2D eigenvalue weighted by Crippen LogP contribution is 2.37. The number of likely N-dealkylation sites (tertiary alicyclic amines) is 2. The van der Waals surface area contributed by atoms with Gasteiger partial charge in [0.15, 0.2) is 0 Å². The molecule has 5 nitrogen and oxygen atoms in total. The molecule has 3 atom stereocenters. The van der Waals surface area contributed by atoms with E-state index in [1.165, 1.54) is 25.9 Å². The van der Waals surface area contributed by atoms with Crippen molar-refractivity contribution in [2.24, 2.45) is 11.8 Å². The minimum atomic E-state index is 0.0743. The summed E-state index contributed by atoms with van der Waals surface area (Å²) >= 11 is 0. The molecule has 0 aliphatic carbocycles. The smallest absolute Gasteiger partial charge is 0.237 e. The maximum Gasteiger partial charge on any atom is 0.237 e. The first-order valence-corrected chi connectivity index (χ1v) is 8.89. The van der Waals surface area contributed by atoms with E-state index in [-0.39, 0.29) is 11.9 Å². The summed E-state index contributed by atoms with van der Waals surface area (Å²) in [6.45, 7) is 9.82. The Hall–Kier alpha value is -0.650. The molecule has 3 rings (SSSR count). The van der Waals surface area contributed by atoms with E-state index in [1.807, 2.05) is 0 Å². The Morgan fingerprint density at radius 1 is 1.27 bits per heavy atom. The number of hydrogen-bond acceptors (Lipinski definition) is 4. The molecule has 22 heavy (non-hydrogen) atoms. The van der Waals surface area contributed by atoms with E-state index in [4.69, 9.17) is 4.74 Å². The number of nitrogens with zero attached hydrogens (tertiary/aromatic N) is 2. The van der Waals surface area contributed by atoms with Gasteiger partial charge in [-0.2, -0.15) is 0 Å². The summed E-state index contributed by atoms with van der Waals surface area (Å²) in [7, 11) is 1.76. The number of rotatable bonds is 4. The van der Waals surface area contributed by atoms with Crippen LogP contribution in [0.2, 0.25) is 0 Å². The average molecular weight is 309 g/mol. The van der Waals surface area contributed by atoms with Crippen LogP contribution in [0.5, 0.6) is 0 Å². The Bertz CT molecular complexity index is 395. The second kappa shape index (κ2) is 6.85. The average Bonchev–Trinajstić information content (AvgIpc) is 3.03. The lowest BCUT2D eigenvalue weighted by atomic mass is 9.99. The molecule has 0 saturated carbocycles. The lowest BCUT2D eigenvalue weighted by Crippen LogP contribution is -2.50. The Labute approximate surface area is 134 Å². The minimum Gasteiger partial charge on any atom is -0.381 e. The van der Waals surface area contributed by atoms with Crippen molar-refractivity contribution in [1.29, 1.82) is 0 Å². The van der Waals surface area contributed by atoms with Crippen LogP contribution < -0.4 is 5.32 Å². The van der Waals surface area contributed by atoms with Gasteiger partial charge in [-0.25, -0.2) is 0 Å². The lowest BCUT2D eigenvalue weighted by molar-refractivity contribution is -0.126. The summed E-state index contributed by atoms with van der Waals surface area (Å²) in [5.41, 5.74) is 0. The molecule has 3 saturated heterocycles. The molecule has 126 valence electrons. The van der Waals surface area contributed by atoms with Crippen LogP contribution >= 0.6 is 0 Å². The van der Waals surface area contributed by atoms with Gasteiger partial charge in [0.25, 0.3) is 0 Å². The van der Waals surface area contributed by atoms with Crippen molar-refractivity contribution in [3.05, 3.63) is 0 Å². The third-order valence-corrected chi connectivity index (χ3v) is 5.75. The molecule has 0 unspecified atom stereocenters. The molecule has 3 heterocycles. The van der Waals surface area contributed by atoms with Crippen LogP contribution in [0.3, 0.4) is 0 Å². The molecule has 0 aromatic heterocycles. The Kier molecular flexibility index (Phi) is 5.05. The van der Waals surface area contributed by atoms with Crippen LogP contribution in [0.1, 0.15) is 33.1 Å². The maximum atomic E-state index is 12.2. The third-order valence-electron chi connectivity index (χ3n) is 5.75. The molecule has 0 aromatic carbocycles. The van der Waals surface area contributed by atoms with Crippen molar-refractivity contribution in [2.45, 2.75) is 51.2 Å². The number of hydrogen-bond donors (Lipinski definition) is 1. The molecule has 0 bridgehead atoms. The van der Waals surface area contributed by atoms with Crippen molar-refractivity contribution in [2.75, 3.05) is 39.9 Å². The fraction of sp³-hybridized carbons (Fsp3) is 0.941. The first kappa shape index (κ1) is 16.2. The molecule has 3 aliphatic rings. The molecule has 3 fully saturated rings. The standard InChI is InChI=1S/C17H31N3O2/c1-12(2)20-15(17(21)18-3)8-14-10-19(11-16(14)20)9-13-4-6-22-7-5-13/h12-16H,4-11H2,1-3H3,(H,18,21)/t14-,15-,16+/m0/s1. The summed E-state index contributed by atoms with van der Waals surface area (Å²) < 4.78 is 5.47. The fourth-order valence-corrected chi connectivity index (χ4v) is 4.75. The molecule has 0 radical (unpaired) electrons. The first-order chi connectivity index (χ1) is 10.6. The zero-order valence-electron chi connectivity index (χ0n) is 14.3. The van der Waals surface area contributed by atoms with Crippen LogP contribution in [-0.4, -0.2) is 73.7 Å². The van der Waals surface area contributed by atoms with Crippen molar-refractivity contribution >= 4 is 5.91 Å². The third kappa shape index (κ3) is 3.17. The SMILES string of the molecule is CNC(=O)[C@@H]1C[C@H]2CN(CC3CCOCC3)C[C@H]2N1C(C)C. The van der Waals surface area contributed by atoms with E-state index in [1.54, 1.807) is 7.05 Å². The van der Waals surface area contributed by atoms with Gasteiger partial charge < -0.3 is 15.0 Å². The van der Waals surface area contributed by atoms with Gasteiger partial charge in [-0.1, -0.05) is 0 Å². The number of carbonyl (C=O) groups is 1. The minimum absolute atomic E-state index is 0.0743. The van der Waals surface area contributed by atoms with Gasteiger partial charge in [0.05, 0.1) is 6.04 Å². The fourth-order valence-electron chi connectivity index (χ4n) is 4.75. The highest BCUT2D eigenvalue weighted by atomic mass is 16.5. The summed E-state index contributed by atoms with van der Waals surface area (Å²) in [5, 5.41) is 2.85. The Morgan fingerprint density at radius 2 is 2.00 bits per heavy atom. The molecular weight excluding hydrogens is 278 g/mol. The van der Waals surface area contributed by atoms with Gasteiger partial charge >= 0.3 is 0 Å². The van der Waals surface area contributed by atoms with E-state index in [2.05, 4.69) is 29.0 Å². The van der Waals surface area contributed by atoms with Gasteiger partial charge in [0, 0.05) is 52.0 Å². The predicted octanol–water partition coefficient (Wildman–Crippen LogP) is 0.942. The Balaban J connectivity index is 1.60. The molecule has 1 amide bonds. The highest BCUT2D eigenvalue weighted by molar-refractivity contribution is 5.82. The van der Waals surface area contributed by atoms with E-state index >= 15 is 0 Å². The number of amides is 1. The quantitative estimate of drug-likeness (QED) is 0.839. The summed E-state index contributed by atoms with van der Waals surface area (Å²) in [6, 6.07) is 1.06. The monoisotopic (exact) mass is 309 g/mol. The number of ether oxygens (including phenoxy) is 1. The summed E-state index contributed by atoms with van der Waals surface area (Å²) in [5.74, 6) is 1.65. The zero-order chi connectivity index (χ0) is 15.7. The largest absolute Gasteiger partial charge is 0.381 e. The lowest BCUT2D eigenvalue weighted by Gasteiger charge is -2.34. The van der Waals surface area contributed by atoms with Gasteiger partial charge in [-0.05, 0) is 44.9 Å². The highest BCUT2D eigenvalue weighted by Gasteiger charge is 2.49. The molecule has 0 spiro atoms. The summed E-state index contributed by atoms with van der Waals surface area (Å²) in [4.78, 5) is 17.3. The van der Waals surface area contributed by atoms with Crippen molar-refractivity contribution in [1.82, 2.24) is 15.1 Å². The van der Waals surface area contributed by atoms with Crippen LogP contribution in [-0.2, 0) is 9.53 Å². The van der Waals surface area contributed by atoms with E-state index in [9.17, 15) is 4.79 Å². The topological polar surface area (TPSA) is 44.8 Å². The molecule has 1 N–H and O–H groups in total. The number of likely N-dealkylation sites (N-methyl/N-ethyl adjacent to an activating group) is 1. The zero-order valence-corrected chi connectivity index (χ0v) is 14.3. The van der Waals surface area contributed by atoms with Crippen molar-refractivity contribution in [3.8, 4) is 0 Å². The van der Waals surface area contributed by atoms with E-state index < -0.39 is 0 Å². The second-order valence-corrected chi connectivity index (χ2v) is 7.51. The van der Waals surface area contributed by atoms with Crippen LogP contribution in [0.25, 0.3) is 0 Å². The first-order valence-electron chi connectivity index (χ1n) is 8.89. The normalized spacial score (nSPS) is 34.3. The van der Waals surface area contributed by atoms with E-state index in [0.717, 1.165) is 32.1 Å². The van der Waals surface area contributed by atoms with E-state index in [0.29, 0.717) is 18.0 Å². The number of carbonyl (C=O) groups excluding carboxylic acids is 1. The van der Waals surface area contributed by atoms with Crippen LogP contribution in [0, 0.1) is 11.8 Å². The van der Waals surface area contributed by atoms with Gasteiger partial charge in [-0.3, -0.25) is 9.69 Å². The van der Waals surface area contributed by atoms with Gasteiger partial charge in [0.1, 0.15) is 0 Å². The number of fused-ring (bicyclic) bond motifs is 1. The van der Waals surface area contributed by atoms with Crippen molar-refractivity contribution < 1.29 is 9.53 Å². The van der Waals surface area contributed by atoms with Crippen LogP contribution in [0.4, 0.5) is 0 Å². The van der Waals surface area contributed by atoms with Gasteiger partial charge in [0.2, 0.25) is 5.91 Å². The molecule has 0 aromatic rings. The van der Waals surface area contributed by atoms with Crippen molar-refractivity contribution in [3.63, 3.8) is 0 Å². The summed E-state index contributed by atoms with van der Waals surface area (Å²) in [6.07, 6.45) is 3.44. The molecule has 5 heteroatoms. The van der Waals surface area contributed by atoms with Gasteiger partial charge in [-0.15, -0.1) is 0 Å². The number of nitrogens with one attached hydrogen (secondary N) is 1.